The van der Waals surface area contributed by atoms with E-state index < -0.39 is 30.0 Å². The Hall–Kier alpha value is -3.56. The molecule has 3 aromatic rings. The summed E-state index contributed by atoms with van der Waals surface area (Å²) in [6.45, 7) is 5.48. The third kappa shape index (κ3) is 12.7. The van der Waals surface area contributed by atoms with Gasteiger partial charge in [-0.25, -0.2) is 4.98 Å². The summed E-state index contributed by atoms with van der Waals surface area (Å²) in [5, 5.41) is 24.6. The van der Waals surface area contributed by atoms with E-state index in [1.165, 1.54) is 17.8 Å². The lowest BCUT2D eigenvalue weighted by atomic mass is 9.83. The average Bonchev–Trinajstić information content (AvgIpc) is 3.74. The molecule has 6 rings (SSSR count). The molecule has 12 nitrogen and oxygen atoms in total. The zero-order valence-electron chi connectivity index (χ0n) is 32.4. The zero-order valence-corrected chi connectivity index (χ0v) is 34.0. The number of aromatic nitrogens is 1. The predicted octanol–water partition coefficient (Wildman–Crippen LogP) is 3.80. The second-order valence-electron chi connectivity index (χ2n) is 15.4. The topological polar surface area (TPSA) is 153 Å². The van der Waals surface area contributed by atoms with E-state index in [2.05, 4.69) is 25.8 Å². The lowest BCUT2D eigenvalue weighted by Crippen LogP contribution is -2.55. The molecule has 3 aliphatic rings. The third-order valence-corrected chi connectivity index (χ3v) is 13.0. The molecule has 1 aromatic heterocycles. The Morgan fingerprint density at radius 1 is 0.893 bits per heavy atom. The highest BCUT2D eigenvalue weighted by molar-refractivity contribution is 7.99. The van der Waals surface area contributed by atoms with Crippen LogP contribution in [-0.2, 0) is 36.8 Å². The van der Waals surface area contributed by atoms with E-state index in [4.69, 9.17) is 4.74 Å². The molecule has 56 heavy (non-hydrogen) atoms. The van der Waals surface area contributed by atoms with Crippen molar-refractivity contribution >= 4 is 57.5 Å². The van der Waals surface area contributed by atoms with Gasteiger partial charge in [0.25, 0.3) is 0 Å². The fourth-order valence-corrected chi connectivity index (χ4v) is 9.63. The van der Waals surface area contributed by atoms with Crippen LogP contribution in [0, 0.1) is 11.8 Å². The molecule has 4 N–H and O–H groups in total. The summed E-state index contributed by atoms with van der Waals surface area (Å²) in [6.07, 6.45) is 5.15. The number of amides is 4. The number of aliphatic hydroxyl groups excluding tert-OH is 1. The van der Waals surface area contributed by atoms with Crippen molar-refractivity contribution in [1.29, 1.82) is 0 Å². The molecule has 1 saturated carbocycles. The molecular weight excluding hydrogens is 749 g/mol. The number of thioether (sulfide) groups is 1. The standard InChI is InChI=1S/C42H58N6O6S2/c49-38(27-39(50)43-13-14-47-15-19-54-20-16-47)36(23-30-7-2-1-3-8-30)45-42(53)37(26-34-28-56-29-44-34)46-41(52)33(25-40(51)48-17-21-55-22-18-48)24-32-11-6-10-31-9-4-5-12-35(31)32/h4-6,9-12,28-30,33,36-38,49H,1-3,7-8,13-27H2,(H,43,50)(H,45,53)(H,46,52)/t33-,36+,37?,38+/m1/s1. The Morgan fingerprint density at radius 3 is 2.43 bits per heavy atom. The highest BCUT2D eigenvalue weighted by atomic mass is 32.2. The summed E-state index contributed by atoms with van der Waals surface area (Å²) >= 11 is 3.23. The van der Waals surface area contributed by atoms with Crippen molar-refractivity contribution in [2.75, 3.05) is 64.0 Å². The van der Waals surface area contributed by atoms with Crippen LogP contribution < -0.4 is 16.0 Å². The zero-order chi connectivity index (χ0) is 39.1. The monoisotopic (exact) mass is 806 g/mol. The fraction of sp³-hybridized carbons (Fsp3) is 0.595. The lowest BCUT2D eigenvalue weighted by molar-refractivity contribution is -0.137. The van der Waals surface area contributed by atoms with E-state index in [-0.39, 0.29) is 37.0 Å². The number of carbonyl (C=O) groups excluding carboxylic acids is 4. The van der Waals surface area contributed by atoms with Gasteiger partial charge < -0.3 is 30.7 Å². The Kier molecular flexibility index (Phi) is 16.4. The molecule has 2 aliphatic heterocycles. The number of thiazole rings is 1. The van der Waals surface area contributed by atoms with Gasteiger partial charge in [-0.15, -0.1) is 11.3 Å². The van der Waals surface area contributed by atoms with Gasteiger partial charge in [-0.1, -0.05) is 74.6 Å². The smallest absolute Gasteiger partial charge is 0.243 e. The first-order chi connectivity index (χ1) is 27.3. The van der Waals surface area contributed by atoms with Crippen LogP contribution in [0.5, 0.6) is 0 Å². The highest BCUT2D eigenvalue weighted by Gasteiger charge is 2.34. The Morgan fingerprint density at radius 2 is 1.66 bits per heavy atom. The molecule has 0 radical (unpaired) electrons. The quantitative estimate of drug-likeness (QED) is 0.151. The summed E-state index contributed by atoms with van der Waals surface area (Å²) in [4.78, 5) is 64.0. The van der Waals surface area contributed by atoms with Crippen molar-refractivity contribution in [3.8, 4) is 0 Å². The largest absolute Gasteiger partial charge is 0.390 e. The molecule has 1 unspecified atom stereocenters. The summed E-state index contributed by atoms with van der Waals surface area (Å²) in [5.41, 5.74) is 3.31. The van der Waals surface area contributed by atoms with Gasteiger partial charge in [-0.05, 0) is 35.1 Å². The first-order valence-electron chi connectivity index (χ1n) is 20.4. The number of nitrogens with zero attached hydrogens (tertiary/aromatic N) is 3. The Bertz CT molecular complexity index is 1710. The molecule has 304 valence electrons. The van der Waals surface area contributed by atoms with E-state index in [9.17, 15) is 24.3 Å². The van der Waals surface area contributed by atoms with Crippen LogP contribution in [0.3, 0.4) is 0 Å². The van der Waals surface area contributed by atoms with Crippen molar-refractivity contribution in [3.05, 3.63) is 64.6 Å². The number of morpholine rings is 1. The highest BCUT2D eigenvalue weighted by Crippen LogP contribution is 2.29. The molecule has 0 bridgehead atoms. The average molecular weight is 807 g/mol. The molecular formula is C42H58N6O6S2. The van der Waals surface area contributed by atoms with E-state index in [0.29, 0.717) is 63.8 Å². The minimum absolute atomic E-state index is 0.0223. The van der Waals surface area contributed by atoms with Gasteiger partial charge in [0.15, 0.2) is 0 Å². The first-order valence-corrected chi connectivity index (χ1v) is 22.5. The summed E-state index contributed by atoms with van der Waals surface area (Å²) < 4.78 is 5.42. The summed E-state index contributed by atoms with van der Waals surface area (Å²) in [7, 11) is 0. The fourth-order valence-electron chi connectivity index (χ4n) is 8.15. The molecule has 2 aromatic carbocycles. The molecule has 3 heterocycles. The number of carbonyl (C=O) groups is 4. The predicted molar refractivity (Wildman–Crippen MR) is 221 cm³/mol. The minimum Gasteiger partial charge on any atom is -0.390 e. The van der Waals surface area contributed by atoms with Crippen LogP contribution in [-0.4, -0.2) is 126 Å². The van der Waals surface area contributed by atoms with Crippen LogP contribution >= 0.6 is 23.1 Å². The van der Waals surface area contributed by atoms with Crippen LogP contribution in [0.25, 0.3) is 10.8 Å². The van der Waals surface area contributed by atoms with Gasteiger partial charge >= 0.3 is 0 Å². The first kappa shape index (κ1) is 42.1. The number of fused-ring (bicyclic) bond motifs is 1. The Labute approximate surface area is 338 Å². The minimum atomic E-state index is -1.11. The number of hydrogen-bond acceptors (Lipinski definition) is 10. The number of ether oxygens (including phenoxy) is 1. The van der Waals surface area contributed by atoms with Gasteiger partial charge in [0.2, 0.25) is 23.6 Å². The van der Waals surface area contributed by atoms with Gasteiger partial charge in [0, 0.05) is 69.0 Å². The van der Waals surface area contributed by atoms with Crippen LogP contribution in [0.4, 0.5) is 0 Å². The van der Waals surface area contributed by atoms with Gasteiger partial charge in [0.1, 0.15) is 6.04 Å². The van der Waals surface area contributed by atoms with Crippen molar-refractivity contribution < 1.29 is 29.0 Å². The van der Waals surface area contributed by atoms with Crippen molar-refractivity contribution in [2.45, 2.75) is 82.4 Å². The van der Waals surface area contributed by atoms with Crippen molar-refractivity contribution in [1.82, 2.24) is 30.7 Å². The van der Waals surface area contributed by atoms with E-state index >= 15 is 0 Å². The maximum Gasteiger partial charge on any atom is 0.243 e. The maximum absolute atomic E-state index is 14.4. The molecule has 2 saturated heterocycles. The van der Waals surface area contributed by atoms with Crippen molar-refractivity contribution in [3.63, 3.8) is 0 Å². The number of benzene rings is 2. The van der Waals surface area contributed by atoms with E-state index in [1.807, 2.05) is 64.5 Å². The second kappa shape index (κ2) is 21.8. The summed E-state index contributed by atoms with van der Waals surface area (Å²) in [5.74, 6) is 0.165. The summed E-state index contributed by atoms with van der Waals surface area (Å²) in [6, 6.07) is 12.3. The molecule has 4 amide bonds. The number of nitrogens with one attached hydrogen (secondary N) is 3. The number of aliphatic hydroxyl groups is 1. The second-order valence-corrected chi connectivity index (χ2v) is 17.4. The van der Waals surface area contributed by atoms with E-state index in [0.717, 1.165) is 66.6 Å². The van der Waals surface area contributed by atoms with Gasteiger partial charge in [-0.2, -0.15) is 11.8 Å². The van der Waals surface area contributed by atoms with E-state index in [1.54, 1.807) is 5.51 Å². The Balaban J connectivity index is 1.17. The van der Waals surface area contributed by atoms with Gasteiger partial charge in [-0.3, -0.25) is 24.1 Å². The van der Waals surface area contributed by atoms with Crippen LogP contribution in [0.2, 0.25) is 0 Å². The molecule has 0 spiro atoms. The number of hydrogen-bond donors (Lipinski definition) is 4. The van der Waals surface area contributed by atoms with Crippen LogP contribution in [0.15, 0.2) is 53.4 Å². The maximum atomic E-state index is 14.4. The normalized spacial score (nSPS) is 19.1. The SMILES string of the molecule is O=C(C[C@H](O)[C@H](CC1CCCCC1)NC(=O)C(Cc1cscn1)NC(=O)[C@@H](CC(=O)N1CCSCC1)Cc1cccc2ccccc12)NCCN1CCOCC1. The molecule has 14 heteroatoms. The molecule has 3 fully saturated rings. The molecule has 1 aliphatic carbocycles. The van der Waals surface area contributed by atoms with Crippen molar-refractivity contribution in [2.24, 2.45) is 11.8 Å². The van der Waals surface area contributed by atoms with Gasteiger partial charge in [0.05, 0.1) is 48.9 Å². The lowest BCUT2D eigenvalue weighted by Gasteiger charge is -2.32. The molecule has 4 atom stereocenters. The number of rotatable bonds is 18. The van der Waals surface area contributed by atoms with Crippen LogP contribution in [0.1, 0.15) is 62.6 Å². The third-order valence-electron chi connectivity index (χ3n) is 11.4.